The van der Waals surface area contributed by atoms with Gasteiger partial charge >= 0.3 is 5.97 Å². The van der Waals surface area contributed by atoms with Crippen LogP contribution >= 0.6 is 27.7 Å². The normalized spacial score (nSPS) is 10.6. The Morgan fingerprint density at radius 2 is 2.04 bits per heavy atom. The summed E-state index contributed by atoms with van der Waals surface area (Å²) in [7, 11) is 1.25. The van der Waals surface area contributed by atoms with E-state index in [0.29, 0.717) is 5.39 Å². The van der Waals surface area contributed by atoms with Gasteiger partial charge in [-0.25, -0.2) is 9.78 Å². The van der Waals surface area contributed by atoms with E-state index in [9.17, 15) is 9.59 Å². The third-order valence-electron chi connectivity index (χ3n) is 3.29. The lowest BCUT2D eigenvalue weighted by Gasteiger charge is -2.05. The van der Waals surface area contributed by atoms with Crippen molar-refractivity contribution in [2.45, 2.75) is 4.90 Å². The molecule has 0 aliphatic carbocycles. The number of benzene rings is 1. The van der Waals surface area contributed by atoms with Gasteiger partial charge in [-0.2, -0.15) is 0 Å². The quantitative estimate of drug-likeness (QED) is 0.493. The Kier molecular flexibility index (Phi) is 5.40. The van der Waals surface area contributed by atoms with E-state index >= 15 is 0 Å². The molecule has 0 radical (unpaired) electrons. The smallest absolute Gasteiger partial charge is 0.376 e. The number of hydrogen-bond donors (Lipinski definition) is 1. The van der Waals surface area contributed by atoms with Crippen molar-refractivity contribution in [3.63, 3.8) is 0 Å². The van der Waals surface area contributed by atoms with Crippen LogP contribution in [0.4, 0.5) is 5.69 Å². The molecule has 0 saturated carbocycles. The fraction of sp³-hybridized carbons (Fsp3) is 0.118. The second kappa shape index (κ2) is 7.71. The number of halogens is 1. The summed E-state index contributed by atoms with van der Waals surface area (Å²) in [5, 5.41) is 3.27. The number of nitrogens with one attached hydrogen (secondary N) is 1. The summed E-state index contributed by atoms with van der Waals surface area (Å²) in [5.41, 5.74) is 0.537. The van der Waals surface area contributed by atoms with Gasteiger partial charge in [-0.3, -0.25) is 4.79 Å². The molecule has 2 heterocycles. The maximum absolute atomic E-state index is 12.3. The summed E-state index contributed by atoms with van der Waals surface area (Å²) in [4.78, 5) is 29.2. The van der Waals surface area contributed by atoms with E-state index in [4.69, 9.17) is 9.15 Å². The highest BCUT2D eigenvalue weighted by Gasteiger charge is 2.23. The highest BCUT2D eigenvalue weighted by molar-refractivity contribution is 9.10. The van der Waals surface area contributed by atoms with Crippen molar-refractivity contribution in [1.82, 2.24) is 4.98 Å². The van der Waals surface area contributed by atoms with Crippen LogP contribution in [0.1, 0.15) is 10.6 Å². The molecular weight excluding hydrogens is 408 g/mol. The largest absolute Gasteiger partial charge is 0.463 e. The average Bonchev–Trinajstić information content (AvgIpc) is 2.99. The molecule has 2 aromatic heterocycles. The minimum atomic E-state index is -0.672. The monoisotopic (exact) mass is 420 g/mol. The SMILES string of the molecule is COC(=O)c1oc2ncccc2c1NC(=O)CSc1ccc(Br)cc1. The molecule has 128 valence electrons. The Morgan fingerprint density at radius 1 is 1.28 bits per heavy atom. The van der Waals surface area contributed by atoms with Gasteiger partial charge in [0.15, 0.2) is 0 Å². The molecule has 0 saturated heterocycles. The van der Waals surface area contributed by atoms with Crippen molar-refractivity contribution in [2.75, 3.05) is 18.2 Å². The third-order valence-corrected chi connectivity index (χ3v) is 4.83. The van der Waals surface area contributed by atoms with Crippen LogP contribution in [0.25, 0.3) is 11.1 Å². The molecule has 0 spiro atoms. The molecule has 0 fully saturated rings. The molecule has 0 aliphatic rings. The Bertz CT molecular complexity index is 924. The minimum Gasteiger partial charge on any atom is -0.463 e. The molecular formula is C17H13BrN2O4S. The standard InChI is InChI=1S/C17H13BrN2O4S/c1-23-17(22)15-14(12-3-2-8-19-16(12)24-15)20-13(21)9-25-11-6-4-10(18)5-7-11/h2-8H,9H2,1H3,(H,20,21). The Labute approximate surface area is 156 Å². The molecule has 1 aromatic carbocycles. The number of ether oxygens (including phenoxy) is 1. The number of esters is 1. The van der Waals surface area contributed by atoms with E-state index in [1.54, 1.807) is 18.3 Å². The summed E-state index contributed by atoms with van der Waals surface area (Å²) in [6, 6.07) is 11.1. The molecule has 1 N–H and O–H groups in total. The van der Waals surface area contributed by atoms with Gasteiger partial charge < -0.3 is 14.5 Å². The molecule has 1 amide bonds. The molecule has 0 unspecified atom stereocenters. The van der Waals surface area contributed by atoms with Gasteiger partial charge in [0.05, 0.1) is 18.2 Å². The summed E-state index contributed by atoms with van der Waals surface area (Å²) in [6.45, 7) is 0. The lowest BCUT2D eigenvalue weighted by molar-refractivity contribution is -0.113. The number of nitrogens with zero attached hydrogens (tertiary/aromatic N) is 1. The molecule has 8 heteroatoms. The van der Waals surface area contributed by atoms with Gasteiger partial charge in [-0.1, -0.05) is 15.9 Å². The van der Waals surface area contributed by atoms with Crippen LogP contribution in [0.3, 0.4) is 0 Å². The summed E-state index contributed by atoms with van der Waals surface area (Å²) in [5.74, 6) is -0.813. The number of carbonyl (C=O) groups excluding carboxylic acids is 2. The van der Waals surface area contributed by atoms with E-state index in [1.807, 2.05) is 24.3 Å². The third kappa shape index (κ3) is 4.02. The van der Waals surface area contributed by atoms with Crippen molar-refractivity contribution in [1.29, 1.82) is 0 Å². The molecule has 6 nitrogen and oxygen atoms in total. The number of anilines is 1. The Morgan fingerprint density at radius 3 is 2.76 bits per heavy atom. The maximum atomic E-state index is 12.3. The number of thioether (sulfide) groups is 1. The van der Waals surface area contributed by atoms with Gasteiger partial charge in [0, 0.05) is 15.6 Å². The first-order valence-corrected chi connectivity index (χ1v) is 9.00. The van der Waals surface area contributed by atoms with Crippen molar-refractivity contribution >= 4 is 56.4 Å². The number of aromatic nitrogens is 1. The van der Waals surface area contributed by atoms with Crippen LogP contribution in [0, 0.1) is 0 Å². The zero-order valence-electron chi connectivity index (χ0n) is 13.1. The van der Waals surface area contributed by atoms with Crippen LogP contribution in [0.5, 0.6) is 0 Å². The molecule has 25 heavy (non-hydrogen) atoms. The first-order chi connectivity index (χ1) is 12.1. The number of methoxy groups -OCH3 is 1. The van der Waals surface area contributed by atoms with Crippen molar-refractivity contribution in [2.24, 2.45) is 0 Å². The van der Waals surface area contributed by atoms with Crippen molar-refractivity contribution in [3.8, 4) is 0 Å². The highest BCUT2D eigenvalue weighted by Crippen LogP contribution is 2.30. The number of hydrogen-bond acceptors (Lipinski definition) is 6. The molecule has 0 aliphatic heterocycles. The first kappa shape index (κ1) is 17.5. The van der Waals surface area contributed by atoms with Crippen LogP contribution in [0.2, 0.25) is 0 Å². The topological polar surface area (TPSA) is 81.4 Å². The fourth-order valence-corrected chi connectivity index (χ4v) is 3.11. The van der Waals surface area contributed by atoms with Gasteiger partial charge in [0.25, 0.3) is 0 Å². The predicted octanol–water partition coefficient (Wildman–Crippen LogP) is 4.11. The number of carbonyl (C=O) groups is 2. The minimum absolute atomic E-state index is 0.0711. The van der Waals surface area contributed by atoms with Crippen LogP contribution in [0.15, 0.2) is 56.4 Å². The highest BCUT2D eigenvalue weighted by atomic mass is 79.9. The van der Waals surface area contributed by atoms with E-state index in [0.717, 1.165) is 9.37 Å². The van der Waals surface area contributed by atoms with E-state index in [-0.39, 0.29) is 28.8 Å². The maximum Gasteiger partial charge on any atom is 0.376 e. The van der Waals surface area contributed by atoms with E-state index in [2.05, 4.69) is 26.2 Å². The number of pyridine rings is 1. The molecule has 0 atom stereocenters. The van der Waals surface area contributed by atoms with E-state index < -0.39 is 5.97 Å². The Balaban J connectivity index is 1.78. The lowest BCUT2D eigenvalue weighted by atomic mass is 10.2. The lowest BCUT2D eigenvalue weighted by Crippen LogP contribution is -2.16. The van der Waals surface area contributed by atoms with Crippen LogP contribution in [-0.2, 0) is 9.53 Å². The first-order valence-electron chi connectivity index (χ1n) is 7.22. The second-order valence-corrected chi connectivity index (χ2v) is 6.91. The van der Waals surface area contributed by atoms with Crippen LogP contribution in [-0.4, -0.2) is 29.7 Å². The van der Waals surface area contributed by atoms with Crippen molar-refractivity contribution < 1.29 is 18.7 Å². The number of furan rings is 1. The zero-order chi connectivity index (χ0) is 17.8. The summed E-state index contributed by atoms with van der Waals surface area (Å²) < 4.78 is 11.1. The average molecular weight is 421 g/mol. The number of rotatable bonds is 5. The van der Waals surface area contributed by atoms with Gasteiger partial charge in [-0.05, 0) is 36.4 Å². The molecule has 3 aromatic rings. The second-order valence-electron chi connectivity index (χ2n) is 4.94. The molecule has 3 rings (SSSR count). The Hall–Kier alpha value is -2.32. The number of fused-ring (bicyclic) bond motifs is 1. The van der Waals surface area contributed by atoms with Gasteiger partial charge in [-0.15, -0.1) is 11.8 Å². The fourth-order valence-electron chi connectivity index (χ4n) is 2.15. The van der Waals surface area contributed by atoms with Crippen molar-refractivity contribution in [3.05, 3.63) is 52.8 Å². The summed E-state index contributed by atoms with van der Waals surface area (Å²) in [6.07, 6.45) is 1.54. The summed E-state index contributed by atoms with van der Waals surface area (Å²) >= 11 is 4.76. The predicted molar refractivity (Wildman–Crippen MR) is 98.8 cm³/mol. The van der Waals surface area contributed by atoms with Crippen LogP contribution < -0.4 is 5.32 Å². The number of amides is 1. The van der Waals surface area contributed by atoms with Gasteiger partial charge in [0.2, 0.25) is 17.4 Å². The van der Waals surface area contributed by atoms with Gasteiger partial charge in [0.1, 0.15) is 5.69 Å². The molecule has 0 bridgehead atoms. The van der Waals surface area contributed by atoms with E-state index in [1.165, 1.54) is 18.9 Å². The zero-order valence-corrected chi connectivity index (χ0v) is 15.5.